The maximum atomic E-state index is 12.3. The molecule has 8 nitrogen and oxygen atoms in total. The van der Waals surface area contributed by atoms with Crippen LogP contribution < -0.4 is 16.0 Å². The van der Waals surface area contributed by atoms with Gasteiger partial charge in [0.1, 0.15) is 12.2 Å². The van der Waals surface area contributed by atoms with Crippen LogP contribution in [-0.2, 0) is 16.0 Å². The van der Waals surface area contributed by atoms with E-state index in [0.717, 1.165) is 16.1 Å². The van der Waals surface area contributed by atoms with Crippen molar-refractivity contribution in [3.05, 3.63) is 65.7 Å². The molecular weight excluding hydrogens is 414 g/mol. The molecule has 0 unspecified atom stereocenters. The van der Waals surface area contributed by atoms with Crippen molar-refractivity contribution in [3.63, 3.8) is 0 Å². The molecular formula is C22H23N5O3S. The molecule has 0 aliphatic carbocycles. The summed E-state index contributed by atoms with van der Waals surface area (Å²) in [7, 11) is 0. The molecule has 3 N–H and O–H groups in total. The summed E-state index contributed by atoms with van der Waals surface area (Å²) in [5, 5.41) is 11.2. The number of ether oxygens (including phenoxy) is 2. The van der Waals surface area contributed by atoms with E-state index in [9.17, 15) is 4.79 Å². The van der Waals surface area contributed by atoms with E-state index >= 15 is 0 Å². The Bertz CT molecular complexity index is 1020. The predicted molar refractivity (Wildman–Crippen MR) is 118 cm³/mol. The molecule has 2 saturated heterocycles. The summed E-state index contributed by atoms with van der Waals surface area (Å²) in [6.07, 6.45) is 1.36. The third-order valence-corrected chi connectivity index (χ3v) is 6.30. The number of rotatable bonds is 6. The van der Waals surface area contributed by atoms with Gasteiger partial charge < -0.3 is 25.4 Å². The van der Waals surface area contributed by atoms with E-state index in [0.29, 0.717) is 25.7 Å². The first-order valence-corrected chi connectivity index (χ1v) is 11.1. The molecule has 1 aromatic carbocycles. The van der Waals surface area contributed by atoms with Crippen LogP contribution in [0.1, 0.15) is 5.56 Å². The Labute approximate surface area is 184 Å². The molecule has 5 rings (SSSR count). The van der Waals surface area contributed by atoms with Crippen LogP contribution in [0.5, 0.6) is 0 Å². The van der Waals surface area contributed by atoms with E-state index in [4.69, 9.17) is 9.47 Å². The Balaban J connectivity index is 1.16. The Hall–Kier alpha value is -3.01. The van der Waals surface area contributed by atoms with Crippen LogP contribution in [0.3, 0.4) is 0 Å². The van der Waals surface area contributed by atoms with E-state index in [1.165, 1.54) is 0 Å². The number of thiophene rings is 1. The zero-order valence-corrected chi connectivity index (χ0v) is 17.5. The number of anilines is 1. The van der Waals surface area contributed by atoms with Crippen LogP contribution in [0.2, 0.25) is 0 Å². The van der Waals surface area contributed by atoms with Gasteiger partial charge in [-0.2, -0.15) is 0 Å². The van der Waals surface area contributed by atoms with Gasteiger partial charge in [-0.1, -0.05) is 36.4 Å². The smallest absolute Gasteiger partial charge is 0.315 e. The fourth-order valence-electron chi connectivity index (χ4n) is 3.90. The first-order chi connectivity index (χ1) is 15.3. The van der Waals surface area contributed by atoms with Gasteiger partial charge in [-0.15, -0.1) is 11.3 Å². The van der Waals surface area contributed by atoms with Gasteiger partial charge in [-0.3, -0.25) is 0 Å². The zero-order chi connectivity index (χ0) is 21.0. The number of nitrogens with one attached hydrogen (secondary N) is 3. The van der Waals surface area contributed by atoms with Crippen LogP contribution in [0.4, 0.5) is 10.7 Å². The topological polar surface area (TPSA) is 97.4 Å². The molecule has 9 heteroatoms. The summed E-state index contributed by atoms with van der Waals surface area (Å²) in [5.74, 6) is 0.542. The summed E-state index contributed by atoms with van der Waals surface area (Å²) in [5.41, 5.74) is 1.93. The van der Waals surface area contributed by atoms with E-state index in [1.54, 1.807) is 17.5 Å². The van der Waals surface area contributed by atoms with Crippen molar-refractivity contribution < 1.29 is 14.3 Å². The Morgan fingerprint density at radius 3 is 2.65 bits per heavy atom. The molecule has 2 fully saturated rings. The summed E-state index contributed by atoms with van der Waals surface area (Å²) < 4.78 is 11.9. The number of hydrogen-bond donors (Lipinski definition) is 3. The normalized spacial score (nSPS) is 24.5. The Morgan fingerprint density at radius 2 is 1.84 bits per heavy atom. The minimum Gasteiger partial charge on any atom is -0.371 e. The third-order valence-electron chi connectivity index (χ3n) is 5.41. The average molecular weight is 438 g/mol. The van der Waals surface area contributed by atoms with Crippen molar-refractivity contribution in [1.29, 1.82) is 0 Å². The first-order valence-electron chi connectivity index (χ1n) is 10.2. The molecule has 4 heterocycles. The van der Waals surface area contributed by atoms with Crippen LogP contribution in [-0.4, -0.2) is 53.5 Å². The fourth-order valence-corrected chi connectivity index (χ4v) is 4.60. The van der Waals surface area contributed by atoms with E-state index < -0.39 is 0 Å². The number of carbonyl (C=O) groups excluding carboxylic acids is 1. The van der Waals surface area contributed by atoms with Crippen molar-refractivity contribution in [3.8, 4) is 10.6 Å². The number of urea groups is 1. The van der Waals surface area contributed by atoms with Gasteiger partial charge >= 0.3 is 6.03 Å². The van der Waals surface area contributed by atoms with E-state index in [-0.39, 0.29) is 30.3 Å². The van der Waals surface area contributed by atoms with Crippen LogP contribution in [0.15, 0.2) is 60.1 Å². The lowest BCUT2D eigenvalue weighted by Gasteiger charge is -2.18. The van der Waals surface area contributed by atoms with Crippen LogP contribution >= 0.6 is 11.3 Å². The summed E-state index contributed by atoms with van der Waals surface area (Å²) in [6.45, 7) is 1.34. The highest BCUT2D eigenvalue weighted by molar-refractivity contribution is 7.13. The molecule has 0 saturated carbocycles. The predicted octanol–water partition coefficient (Wildman–Crippen LogP) is 2.65. The van der Waals surface area contributed by atoms with Gasteiger partial charge in [0.2, 0.25) is 5.95 Å². The molecule has 0 radical (unpaired) electrons. The number of aromatic nitrogens is 2. The number of benzene rings is 1. The molecule has 2 amide bonds. The molecule has 2 aliphatic heterocycles. The Kier molecular flexibility index (Phi) is 5.79. The lowest BCUT2D eigenvalue weighted by Crippen LogP contribution is -2.48. The van der Waals surface area contributed by atoms with Gasteiger partial charge in [0.05, 0.1) is 35.9 Å². The quantitative estimate of drug-likeness (QED) is 0.549. The van der Waals surface area contributed by atoms with Crippen LogP contribution in [0.25, 0.3) is 10.6 Å². The number of nitrogens with zero attached hydrogens (tertiary/aromatic N) is 2. The SMILES string of the molecule is O=C(NCc1ccccc1)N[C@H]1CO[C@H]2[C@@H]1OC[C@@H]2Nc1nccc(-c2cccs2)n1. The molecule has 3 aromatic rings. The molecule has 0 spiro atoms. The van der Waals surface area contributed by atoms with Gasteiger partial charge in [-0.05, 0) is 23.1 Å². The van der Waals surface area contributed by atoms with Crippen molar-refractivity contribution in [2.45, 2.75) is 30.8 Å². The Morgan fingerprint density at radius 1 is 1.03 bits per heavy atom. The number of fused-ring (bicyclic) bond motifs is 1. The standard InChI is InChI=1S/C22H23N5O3S/c28-22(24-11-14-5-2-1-3-6-14)27-17-13-30-19-16(12-29-20(17)19)26-21-23-9-8-15(25-21)18-7-4-10-31-18/h1-10,16-17,19-20H,11-13H2,(H,23,25,26)(H2,24,27,28)/t16-,17-,19+,20+/m0/s1. The first kappa shape index (κ1) is 19.9. The zero-order valence-electron chi connectivity index (χ0n) is 16.7. The fraction of sp³-hybridized carbons (Fsp3) is 0.318. The second kappa shape index (κ2) is 9.01. The second-order valence-electron chi connectivity index (χ2n) is 7.51. The molecule has 31 heavy (non-hydrogen) atoms. The van der Waals surface area contributed by atoms with Gasteiger partial charge in [0, 0.05) is 12.7 Å². The van der Waals surface area contributed by atoms with Crippen molar-refractivity contribution in [2.75, 3.05) is 18.5 Å². The molecule has 0 bridgehead atoms. The number of carbonyl (C=O) groups is 1. The van der Waals surface area contributed by atoms with Crippen molar-refractivity contribution in [1.82, 2.24) is 20.6 Å². The highest BCUT2D eigenvalue weighted by Gasteiger charge is 2.48. The highest BCUT2D eigenvalue weighted by Crippen LogP contribution is 2.29. The van der Waals surface area contributed by atoms with Crippen LogP contribution in [0, 0.1) is 0 Å². The average Bonchev–Trinajstić information content (AvgIpc) is 3.54. The van der Waals surface area contributed by atoms with Gasteiger partial charge in [-0.25, -0.2) is 14.8 Å². The molecule has 160 valence electrons. The second-order valence-corrected chi connectivity index (χ2v) is 8.46. The number of amides is 2. The molecule has 2 aromatic heterocycles. The number of hydrogen-bond acceptors (Lipinski definition) is 7. The minimum absolute atomic E-state index is 0.0808. The monoisotopic (exact) mass is 437 g/mol. The summed E-state index contributed by atoms with van der Waals surface area (Å²) in [4.78, 5) is 22.4. The lowest BCUT2D eigenvalue weighted by atomic mass is 10.1. The van der Waals surface area contributed by atoms with Gasteiger partial charge in [0.15, 0.2) is 0 Å². The summed E-state index contributed by atoms with van der Waals surface area (Å²) in [6, 6.07) is 15.2. The third kappa shape index (κ3) is 4.53. The van der Waals surface area contributed by atoms with E-state index in [2.05, 4.69) is 25.9 Å². The molecule has 2 aliphatic rings. The lowest BCUT2D eigenvalue weighted by molar-refractivity contribution is 0.0682. The largest absolute Gasteiger partial charge is 0.371 e. The summed E-state index contributed by atoms with van der Waals surface area (Å²) >= 11 is 1.64. The molecule has 4 atom stereocenters. The van der Waals surface area contributed by atoms with Gasteiger partial charge in [0.25, 0.3) is 0 Å². The van der Waals surface area contributed by atoms with E-state index in [1.807, 2.05) is 53.9 Å². The maximum Gasteiger partial charge on any atom is 0.315 e. The van der Waals surface area contributed by atoms with Crippen molar-refractivity contribution in [2.24, 2.45) is 0 Å². The highest BCUT2D eigenvalue weighted by atomic mass is 32.1. The van der Waals surface area contributed by atoms with Crippen molar-refractivity contribution >= 4 is 23.3 Å². The maximum absolute atomic E-state index is 12.3. The minimum atomic E-state index is -0.231.